The van der Waals surface area contributed by atoms with E-state index < -0.39 is 10.0 Å². The van der Waals surface area contributed by atoms with Crippen LogP contribution in [0, 0.1) is 0 Å². The molecule has 2 aliphatic heterocycles. The van der Waals surface area contributed by atoms with E-state index in [0.29, 0.717) is 11.5 Å². The van der Waals surface area contributed by atoms with Gasteiger partial charge in [-0.2, -0.15) is 0 Å². The average molecular weight is 340 g/mol. The number of hydrogen-bond acceptors (Lipinski definition) is 5. The van der Waals surface area contributed by atoms with Gasteiger partial charge in [0.2, 0.25) is 16.8 Å². The Kier molecular flexibility index (Phi) is 4.29. The Bertz CT molecular complexity index is 674. The fourth-order valence-electron chi connectivity index (χ4n) is 3.00. The molecule has 0 aliphatic carbocycles. The highest BCUT2D eigenvalue weighted by molar-refractivity contribution is 7.89. The van der Waals surface area contributed by atoms with Crippen molar-refractivity contribution < 1.29 is 17.9 Å². The van der Waals surface area contributed by atoms with Crippen LogP contribution in [0.25, 0.3) is 0 Å². The van der Waals surface area contributed by atoms with E-state index in [-0.39, 0.29) is 23.3 Å². The van der Waals surface area contributed by atoms with Gasteiger partial charge in [-0.3, -0.25) is 4.90 Å². The predicted molar refractivity (Wildman–Crippen MR) is 87.2 cm³/mol. The number of likely N-dealkylation sites (tertiary alicyclic amines) is 1. The van der Waals surface area contributed by atoms with Crippen LogP contribution in [0.1, 0.15) is 33.6 Å². The van der Waals surface area contributed by atoms with E-state index in [1.165, 1.54) is 6.07 Å². The molecule has 3 rings (SSSR count). The molecule has 0 aromatic heterocycles. The third-order valence-electron chi connectivity index (χ3n) is 4.42. The number of nitrogens with zero attached hydrogens (tertiary/aromatic N) is 1. The second kappa shape index (κ2) is 5.96. The van der Waals surface area contributed by atoms with Crippen molar-refractivity contribution in [3.63, 3.8) is 0 Å². The van der Waals surface area contributed by atoms with Crippen LogP contribution < -0.4 is 14.2 Å². The first-order chi connectivity index (χ1) is 10.8. The molecule has 6 nitrogen and oxygen atoms in total. The Morgan fingerprint density at radius 3 is 2.43 bits per heavy atom. The van der Waals surface area contributed by atoms with Crippen molar-refractivity contribution in [3.8, 4) is 11.5 Å². The summed E-state index contributed by atoms with van der Waals surface area (Å²) in [4.78, 5) is 2.61. The summed E-state index contributed by atoms with van der Waals surface area (Å²) in [5.41, 5.74) is 0.126. The van der Waals surface area contributed by atoms with Gasteiger partial charge in [0.1, 0.15) is 0 Å². The monoisotopic (exact) mass is 340 g/mol. The Hall–Kier alpha value is -1.31. The van der Waals surface area contributed by atoms with E-state index >= 15 is 0 Å². The average Bonchev–Trinajstić information content (AvgIpc) is 2.93. The molecule has 1 aromatic carbocycles. The molecule has 2 aliphatic rings. The number of sulfonamides is 1. The first-order valence-electron chi connectivity index (χ1n) is 7.93. The van der Waals surface area contributed by atoms with Gasteiger partial charge in [-0.25, -0.2) is 13.1 Å². The molecular formula is C16H24N2O4S. The van der Waals surface area contributed by atoms with Crippen LogP contribution in [-0.4, -0.2) is 44.8 Å². The van der Waals surface area contributed by atoms with Gasteiger partial charge in [0.25, 0.3) is 0 Å². The SMILES string of the molecule is CC(C)(C)N1CCC(NS(=O)(=O)c2ccc3c(c2)OCO3)CC1. The minimum absolute atomic E-state index is 0.0241. The van der Waals surface area contributed by atoms with Crippen molar-refractivity contribution >= 4 is 10.0 Å². The number of piperidine rings is 1. The van der Waals surface area contributed by atoms with E-state index in [0.717, 1.165) is 25.9 Å². The van der Waals surface area contributed by atoms with Gasteiger partial charge >= 0.3 is 0 Å². The zero-order valence-corrected chi connectivity index (χ0v) is 14.6. The molecule has 0 saturated carbocycles. The first-order valence-corrected chi connectivity index (χ1v) is 9.41. The first kappa shape index (κ1) is 16.5. The molecule has 1 N–H and O–H groups in total. The molecule has 1 aromatic rings. The maximum absolute atomic E-state index is 12.6. The van der Waals surface area contributed by atoms with E-state index in [4.69, 9.17) is 9.47 Å². The van der Waals surface area contributed by atoms with Gasteiger partial charge in [0.15, 0.2) is 11.5 Å². The molecule has 0 unspecified atom stereocenters. The summed E-state index contributed by atoms with van der Waals surface area (Å²) in [5.74, 6) is 1.07. The molecule has 0 atom stereocenters. The third-order valence-corrected chi connectivity index (χ3v) is 5.94. The number of nitrogens with one attached hydrogen (secondary N) is 1. The largest absolute Gasteiger partial charge is 0.454 e. The van der Waals surface area contributed by atoms with Crippen molar-refractivity contribution in [2.45, 2.75) is 50.1 Å². The second-order valence-corrected chi connectivity index (χ2v) is 8.78. The topological polar surface area (TPSA) is 67.9 Å². The Labute approximate surface area is 137 Å². The molecule has 7 heteroatoms. The summed E-state index contributed by atoms with van der Waals surface area (Å²) in [7, 11) is -3.54. The van der Waals surface area contributed by atoms with Gasteiger partial charge in [0, 0.05) is 30.7 Å². The van der Waals surface area contributed by atoms with Crippen LogP contribution in [0.2, 0.25) is 0 Å². The zero-order chi connectivity index (χ0) is 16.7. The lowest BCUT2D eigenvalue weighted by molar-refractivity contribution is 0.100. The summed E-state index contributed by atoms with van der Waals surface area (Å²) >= 11 is 0. The molecule has 0 spiro atoms. The molecule has 1 fully saturated rings. The number of rotatable bonds is 3. The molecule has 23 heavy (non-hydrogen) atoms. The fourth-order valence-corrected chi connectivity index (χ4v) is 4.32. The molecule has 1 saturated heterocycles. The smallest absolute Gasteiger partial charge is 0.240 e. The molecule has 2 heterocycles. The van der Waals surface area contributed by atoms with Crippen molar-refractivity contribution in [1.29, 1.82) is 0 Å². The Morgan fingerprint density at radius 1 is 1.13 bits per heavy atom. The number of hydrogen-bond donors (Lipinski definition) is 1. The standard InChI is InChI=1S/C16H24N2O4S/c1-16(2,3)18-8-6-12(7-9-18)17-23(19,20)13-4-5-14-15(10-13)22-11-21-14/h4-5,10,12,17H,6-9,11H2,1-3H3. The van der Waals surface area contributed by atoms with Crippen molar-refractivity contribution in [2.24, 2.45) is 0 Å². The van der Waals surface area contributed by atoms with Gasteiger partial charge in [-0.05, 0) is 45.7 Å². The van der Waals surface area contributed by atoms with Crippen molar-refractivity contribution in [2.75, 3.05) is 19.9 Å². The molecular weight excluding hydrogens is 316 g/mol. The predicted octanol–water partition coefficient (Wildman–Crippen LogP) is 1.96. The quantitative estimate of drug-likeness (QED) is 0.911. The third kappa shape index (κ3) is 3.62. The minimum atomic E-state index is -3.54. The summed E-state index contributed by atoms with van der Waals surface area (Å²) in [6.07, 6.45) is 1.64. The number of ether oxygens (including phenoxy) is 2. The fraction of sp³-hybridized carbons (Fsp3) is 0.625. The summed E-state index contributed by atoms with van der Waals surface area (Å²) in [6.45, 7) is 8.49. The van der Waals surface area contributed by atoms with Crippen LogP contribution in [0.3, 0.4) is 0 Å². The van der Waals surface area contributed by atoms with Gasteiger partial charge in [0.05, 0.1) is 4.90 Å². The normalized spacial score (nSPS) is 20.0. The van der Waals surface area contributed by atoms with Gasteiger partial charge in [-0.1, -0.05) is 0 Å². The van der Waals surface area contributed by atoms with Crippen molar-refractivity contribution in [1.82, 2.24) is 9.62 Å². The molecule has 0 amide bonds. The highest BCUT2D eigenvalue weighted by atomic mass is 32.2. The van der Waals surface area contributed by atoms with Crippen LogP contribution >= 0.6 is 0 Å². The van der Waals surface area contributed by atoms with E-state index in [1.807, 2.05) is 0 Å². The molecule has 0 radical (unpaired) electrons. The summed E-state index contributed by atoms with van der Waals surface area (Å²) in [5, 5.41) is 0. The second-order valence-electron chi connectivity index (χ2n) is 7.07. The van der Waals surface area contributed by atoms with E-state index in [1.54, 1.807) is 12.1 Å². The summed E-state index contributed by atoms with van der Waals surface area (Å²) in [6, 6.07) is 4.69. The zero-order valence-electron chi connectivity index (χ0n) is 13.8. The van der Waals surface area contributed by atoms with Crippen LogP contribution in [0.15, 0.2) is 23.1 Å². The van der Waals surface area contributed by atoms with Crippen LogP contribution in [0.4, 0.5) is 0 Å². The lowest BCUT2D eigenvalue weighted by Gasteiger charge is -2.40. The van der Waals surface area contributed by atoms with E-state index in [9.17, 15) is 8.42 Å². The maximum atomic E-state index is 12.6. The Balaban J connectivity index is 1.66. The lowest BCUT2D eigenvalue weighted by atomic mass is 9.99. The van der Waals surface area contributed by atoms with E-state index in [2.05, 4.69) is 30.4 Å². The summed E-state index contributed by atoms with van der Waals surface area (Å²) < 4.78 is 38.4. The highest BCUT2D eigenvalue weighted by Crippen LogP contribution is 2.34. The molecule has 0 bridgehead atoms. The molecule has 128 valence electrons. The number of fused-ring (bicyclic) bond motifs is 1. The van der Waals surface area contributed by atoms with Crippen LogP contribution in [-0.2, 0) is 10.0 Å². The van der Waals surface area contributed by atoms with Crippen molar-refractivity contribution in [3.05, 3.63) is 18.2 Å². The van der Waals surface area contributed by atoms with Gasteiger partial charge < -0.3 is 9.47 Å². The minimum Gasteiger partial charge on any atom is -0.454 e. The maximum Gasteiger partial charge on any atom is 0.240 e. The Morgan fingerprint density at radius 2 is 1.78 bits per heavy atom. The highest BCUT2D eigenvalue weighted by Gasteiger charge is 2.30. The van der Waals surface area contributed by atoms with Crippen LogP contribution in [0.5, 0.6) is 11.5 Å². The number of benzene rings is 1. The lowest BCUT2D eigenvalue weighted by Crippen LogP contribution is -2.50. The van der Waals surface area contributed by atoms with Gasteiger partial charge in [-0.15, -0.1) is 0 Å².